The van der Waals surface area contributed by atoms with Gasteiger partial charge < -0.3 is 9.84 Å². The molecule has 0 aliphatic heterocycles. The maximum atomic E-state index is 10.2. The van der Waals surface area contributed by atoms with Crippen molar-refractivity contribution in [2.24, 2.45) is 52.8 Å². The van der Waals surface area contributed by atoms with Crippen LogP contribution in [0.15, 0.2) is 0 Å². The van der Waals surface area contributed by atoms with Crippen LogP contribution in [0.2, 0.25) is 0 Å². The van der Waals surface area contributed by atoms with Crippen molar-refractivity contribution in [3.8, 4) is 0 Å². The molecule has 0 heterocycles. The van der Waals surface area contributed by atoms with Crippen molar-refractivity contribution >= 4 is 0 Å². The van der Waals surface area contributed by atoms with Crippen LogP contribution in [0, 0.1) is 52.8 Å². The normalized spacial score (nSPS) is 50.6. The summed E-state index contributed by atoms with van der Waals surface area (Å²) in [5.74, 6) is 6.99. The summed E-state index contributed by atoms with van der Waals surface area (Å²) >= 11 is 0. The van der Waals surface area contributed by atoms with Crippen LogP contribution < -0.4 is 0 Å². The molecule has 2 nitrogen and oxygen atoms in total. The number of ether oxygens (including phenoxy) is 1. The molecule has 0 aromatic rings. The van der Waals surface area contributed by atoms with E-state index in [1.807, 2.05) is 0 Å². The van der Waals surface area contributed by atoms with E-state index in [-0.39, 0.29) is 0 Å². The molecule has 2 heteroatoms. The highest BCUT2D eigenvalue weighted by Crippen LogP contribution is 2.71. The molecule has 9 unspecified atom stereocenters. The van der Waals surface area contributed by atoms with Gasteiger partial charge in [0, 0.05) is 13.0 Å². The second kappa shape index (κ2) is 5.21. The number of aliphatic hydroxyl groups excluding tert-OH is 1. The largest absolute Gasteiger partial charge is 0.368 e. The van der Waals surface area contributed by atoms with E-state index < -0.39 is 6.29 Å². The molecule has 0 amide bonds. The molecule has 0 radical (unpaired) electrons. The number of rotatable bonds is 5. The fourth-order valence-corrected chi connectivity index (χ4v) is 7.38. The summed E-state index contributed by atoms with van der Waals surface area (Å²) in [6.07, 6.45) is 7.84. The molecule has 4 saturated carbocycles. The Kier molecular flexibility index (Phi) is 3.66. The number of aliphatic hydroxyl groups is 1. The minimum atomic E-state index is -0.509. The van der Waals surface area contributed by atoms with E-state index >= 15 is 0 Å². The Labute approximate surface area is 136 Å². The lowest BCUT2D eigenvalue weighted by Crippen LogP contribution is -2.40. The number of hydrogen-bond donors (Lipinski definition) is 1. The van der Waals surface area contributed by atoms with Gasteiger partial charge in [-0.05, 0) is 78.9 Å². The summed E-state index contributed by atoms with van der Waals surface area (Å²) in [5.41, 5.74) is 0.525. The van der Waals surface area contributed by atoms with Crippen LogP contribution in [0.3, 0.4) is 0 Å². The smallest absolute Gasteiger partial charge is 0.157 e. The minimum absolute atomic E-state index is 0.432. The van der Waals surface area contributed by atoms with Crippen LogP contribution in [0.4, 0.5) is 0 Å². The molecule has 126 valence electrons. The summed E-state index contributed by atoms with van der Waals surface area (Å²) in [6.45, 7) is 7.27. The number of fused-ring (bicyclic) bond motifs is 9. The highest BCUT2D eigenvalue weighted by Gasteiger charge is 2.65. The molecule has 4 fully saturated rings. The highest BCUT2D eigenvalue weighted by atomic mass is 16.6. The fourth-order valence-electron chi connectivity index (χ4n) is 7.38. The average Bonchev–Trinajstić information content (AvgIpc) is 3.22. The van der Waals surface area contributed by atoms with Gasteiger partial charge in [0.2, 0.25) is 0 Å². The zero-order valence-electron chi connectivity index (χ0n) is 14.8. The van der Waals surface area contributed by atoms with Gasteiger partial charge in [-0.15, -0.1) is 0 Å². The second-order valence-electron chi connectivity index (χ2n) is 9.72. The van der Waals surface area contributed by atoms with Gasteiger partial charge in [0.15, 0.2) is 6.29 Å². The summed E-state index contributed by atoms with van der Waals surface area (Å²) in [4.78, 5) is 0. The van der Waals surface area contributed by atoms with Crippen LogP contribution in [0.25, 0.3) is 0 Å². The number of hydrogen-bond acceptors (Lipinski definition) is 2. The molecule has 4 bridgehead atoms. The van der Waals surface area contributed by atoms with Crippen molar-refractivity contribution in [3.63, 3.8) is 0 Å². The summed E-state index contributed by atoms with van der Waals surface area (Å²) < 4.78 is 5.27. The summed E-state index contributed by atoms with van der Waals surface area (Å²) in [5, 5.41) is 10.2. The second-order valence-corrected chi connectivity index (χ2v) is 9.72. The third-order valence-electron chi connectivity index (χ3n) is 8.39. The predicted octanol–water partition coefficient (Wildman–Crippen LogP) is 4.32. The molecule has 4 aliphatic rings. The van der Waals surface area contributed by atoms with Gasteiger partial charge in [0.1, 0.15) is 0 Å². The van der Waals surface area contributed by atoms with Gasteiger partial charge in [-0.25, -0.2) is 0 Å². The molecular formula is C20H34O2. The standard InChI is InChI=1S/C20H34O2/c1-5-20(2,3)10-13-6-11-7-14(13)17-12-8-15(18(11)17)16(9-12)19(21)22-4/h11-19,21H,5-10H2,1-4H3. The van der Waals surface area contributed by atoms with E-state index in [1.54, 1.807) is 7.11 Å². The Hall–Kier alpha value is -0.0800. The molecule has 1 N–H and O–H groups in total. The first kappa shape index (κ1) is 15.4. The molecule has 0 spiro atoms. The van der Waals surface area contributed by atoms with Gasteiger partial charge >= 0.3 is 0 Å². The van der Waals surface area contributed by atoms with E-state index in [0.717, 1.165) is 41.4 Å². The fraction of sp³-hybridized carbons (Fsp3) is 1.00. The Morgan fingerprint density at radius 3 is 2.36 bits per heavy atom. The molecule has 22 heavy (non-hydrogen) atoms. The Bertz CT molecular complexity index is 431. The van der Waals surface area contributed by atoms with Crippen LogP contribution >= 0.6 is 0 Å². The molecule has 0 aromatic heterocycles. The lowest BCUT2D eigenvalue weighted by molar-refractivity contribution is -0.138. The Balaban J connectivity index is 1.48. The van der Waals surface area contributed by atoms with E-state index in [2.05, 4.69) is 20.8 Å². The van der Waals surface area contributed by atoms with Crippen molar-refractivity contribution in [1.82, 2.24) is 0 Å². The van der Waals surface area contributed by atoms with Gasteiger partial charge in [0.25, 0.3) is 0 Å². The van der Waals surface area contributed by atoms with E-state index in [4.69, 9.17) is 4.74 Å². The van der Waals surface area contributed by atoms with Gasteiger partial charge in [-0.2, -0.15) is 0 Å². The zero-order chi connectivity index (χ0) is 15.6. The van der Waals surface area contributed by atoms with Crippen molar-refractivity contribution in [3.05, 3.63) is 0 Å². The van der Waals surface area contributed by atoms with Crippen LogP contribution in [-0.2, 0) is 4.74 Å². The average molecular weight is 306 g/mol. The van der Waals surface area contributed by atoms with Gasteiger partial charge in [-0.1, -0.05) is 27.2 Å². The lowest BCUT2D eigenvalue weighted by Gasteiger charge is -2.43. The number of methoxy groups -OCH3 is 1. The first-order chi connectivity index (χ1) is 10.4. The Morgan fingerprint density at radius 2 is 1.68 bits per heavy atom. The van der Waals surface area contributed by atoms with Crippen molar-refractivity contribution in [2.45, 2.75) is 65.6 Å². The van der Waals surface area contributed by atoms with E-state index in [9.17, 15) is 5.11 Å². The summed E-state index contributed by atoms with van der Waals surface area (Å²) in [7, 11) is 1.66. The molecule has 4 rings (SSSR count). The minimum Gasteiger partial charge on any atom is -0.368 e. The highest BCUT2D eigenvalue weighted by molar-refractivity contribution is 5.13. The first-order valence-corrected chi connectivity index (χ1v) is 9.66. The van der Waals surface area contributed by atoms with Gasteiger partial charge in [0.05, 0.1) is 0 Å². The first-order valence-electron chi connectivity index (χ1n) is 9.66. The van der Waals surface area contributed by atoms with E-state index in [0.29, 0.717) is 11.3 Å². The SMILES string of the molecule is CCC(C)(C)CC1CC2CC1C1C3CC(C(O)OC)C(C3)C21. The quantitative estimate of drug-likeness (QED) is 0.605. The van der Waals surface area contributed by atoms with Crippen molar-refractivity contribution in [2.75, 3.05) is 7.11 Å². The van der Waals surface area contributed by atoms with Crippen molar-refractivity contribution in [1.29, 1.82) is 0 Å². The van der Waals surface area contributed by atoms with Gasteiger partial charge in [-0.3, -0.25) is 0 Å². The molecular weight excluding hydrogens is 272 g/mol. The third kappa shape index (κ3) is 2.13. The molecule has 4 aliphatic carbocycles. The van der Waals surface area contributed by atoms with Crippen LogP contribution in [-0.4, -0.2) is 18.5 Å². The maximum Gasteiger partial charge on any atom is 0.157 e. The molecule has 9 atom stereocenters. The third-order valence-corrected chi connectivity index (χ3v) is 8.39. The summed E-state index contributed by atoms with van der Waals surface area (Å²) in [6, 6.07) is 0. The van der Waals surface area contributed by atoms with Crippen molar-refractivity contribution < 1.29 is 9.84 Å². The molecule has 0 saturated heterocycles. The topological polar surface area (TPSA) is 29.5 Å². The van der Waals surface area contributed by atoms with E-state index in [1.165, 1.54) is 38.5 Å². The molecule has 0 aromatic carbocycles. The van der Waals surface area contributed by atoms with Crippen LogP contribution in [0.5, 0.6) is 0 Å². The zero-order valence-corrected chi connectivity index (χ0v) is 14.8. The van der Waals surface area contributed by atoms with Crippen LogP contribution in [0.1, 0.15) is 59.3 Å². The lowest BCUT2D eigenvalue weighted by atomic mass is 9.62. The predicted molar refractivity (Wildman–Crippen MR) is 88.1 cm³/mol. The Morgan fingerprint density at radius 1 is 1.05 bits per heavy atom. The monoisotopic (exact) mass is 306 g/mol. The maximum absolute atomic E-state index is 10.2.